The maximum Gasteiger partial charge on any atom is 0.341 e. The van der Waals surface area contributed by atoms with Crippen molar-refractivity contribution in [3.8, 4) is 11.5 Å². The Bertz CT molecular complexity index is 1260. The third-order valence-corrected chi connectivity index (χ3v) is 5.73. The molecule has 0 amide bonds. The van der Waals surface area contributed by atoms with Crippen molar-refractivity contribution in [2.75, 3.05) is 14.2 Å². The van der Waals surface area contributed by atoms with Crippen molar-refractivity contribution < 1.29 is 29.3 Å². The van der Waals surface area contributed by atoms with Crippen molar-refractivity contribution in [1.82, 2.24) is 0 Å². The summed E-state index contributed by atoms with van der Waals surface area (Å²) in [5.74, 6) is -1.45. The summed E-state index contributed by atoms with van der Waals surface area (Å²) in [4.78, 5) is 23.5. The van der Waals surface area contributed by atoms with Crippen LogP contribution >= 0.6 is 22.6 Å². The van der Waals surface area contributed by atoms with E-state index in [-0.39, 0.29) is 22.6 Å². The van der Waals surface area contributed by atoms with E-state index in [2.05, 4.69) is 32.1 Å². The lowest BCUT2D eigenvalue weighted by Gasteiger charge is -2.05. The lowest BCUT2D eigenvalue weighted by molar-refractivity contribution is 0.0588. The minimum Gasteiger partial charge on any atom is -0.507 e. The Morgan fingerprint density at radius 2 is 1.12 bits per heavy atom. The molecule has 0 aliphatic rings. The minimum absolute atomic E-state index is 0.110. The van der Waals surface area contributed by atoms with Gasteiger partial charge in [0.15, 0.2) is 0 Å². The van der Waals surface area contributed by atoms with Gasteiger partial charge in [0.2, 0.25) is 0 Å². The van der Waals surface area contributed by atoms with E-state index in [1.807, 2.05) is 42.5 Å². The molecule has 0 saturated heterocycles. The molecule has 0 fully saturated rings. The van der Waals surface area contributed by atoms with Gasteiger partial charge < -0.3 is 19.7 Å². The smallest absolute Gasteiger partial charge is 0.341 e. The molecule has 3 aromatic carbocycles. The van der Waals surface area contributed by atoms with Gasteiger partial charge in [-0.2, -0.15) is 0 Å². The molecular weight excluding hydrogens is 535 g/mol. The van der Waals surface area contributed by atoms with Crippen molar-refractivity contribution in [3.63, 3.8) is 0 Å². The first-order valence-corrected chi connectivity index (χ1v) is 10.9. The fraction of sp³-hybridized carbons (Fsp3) is 0.0769. The van der Waals surface area contributed by atoms with E-state index in [1.54, 1.807) is 24.3 Å². The third-order valence-electron chi connectivity index (χ3n) is 4.80. The Labute approximate surface area is 204 Å². The maximum absolute atomic E-state index is 11.8. The van der Waals surface area contributed by atoms with Crippen molar-refractivity contribution in [3.05, 3.63) is 91.5 Å². The molecule has 0 unspecified atom stereocenters. The molecule has 7 heteroatoms. The standard InChI is InChI=1S/C26H21IO6/c1-32-25(30)20-13-16(7-11-23(20)28)3-4-18-6-10-19(22(27)15-18)9-5-17-8-12-24(29)21(14-17)26(31)33-2/h3-15,28-29H,1-2H3/b4-3+,9-5+. The third kappa shape index (κ3) is 6.01. The Morgan fingerprint density at radius 3 is 1.58 bits per heavy atom. The number of rotatable bonds is 6. The first-order valence-electron chi connectivity index (χ1n) is 9.80. The molecular formula is C26H21IO6. The average Bonchev–Trinajstić information content (AvgIpc) is 2.82. The van der Waals surface area contributed by atoms with Gasteiger partial charge in [-0.25, -0.2) is 9.59 Å². The largest absolute Gasteiger partial charge is 0.507 e. The van der Waals surface area contributed by atoms with Crippen molar-refractivity contribution in [2.24, 2.45) is 0 Å². The average molecular weight is 556 g/mol. The summed E-state index contributed by atoms with van der Waals surface area (Å²) < 4.78 is 10.4. The van der Waals surface area contributed by atoms with Gasteiger partial charge in [-0.15, -0.1) is 0 Å². The lowest BCUT2D eigenvalue weighted by atomic mass is 10.1. The van der Waals surface area contributed by atoms with Crippen LogP contribution in [0, 0.1) is 3.57 Å². The number of halogens is 1. The first-order chi connectivity index (χ1) is 15.8. The van der Waals surface area contributed by atoms with Gasteiger partial charge in [0.05, 0.1) is 14.2 Å². The second kappa shape index (κ2) is 10.8. The van der Waals surface area contributed by atoms with Gasteiger partial charge in [-0.1, -0.05) is 48.6 Å². The van der Waals surface area contributed by atoms with E-state index in [1.165, 1.54) is 26.4 Å². The topological polar surface area (TPSA) is 93.1 Å². The fourth-order valence-corrected chi connectivity index (χ4v) is 3.74. The highest BCUT2D eigenvalue weighted by Crippen LogP contribution is 2.24. The number of phenols is 2. The molecule has 0 bridgehead atoms. The van der Waals surface area contributed by atoms with Crippen molar-refractivity contribution in [2.45, 2.75) is 0 Å². The number of methoxy groups -OCH3 is 2. The van der Waals surface area contributed by atoms with Gasteiger partial charge in [0.25, 0.3) is 0 Å². The van der Waals surface area contributed by atoms with E-state index in [0.717, 1.165) is 25.8 Å². The number of esters is 2. The second-order valence-corrected chi connectivity index (χ2v) is 8.15. The SMILES string of the molecule is COC(=O)c1cc(/C=C/c2ccc(/C=C/c3ccc(O)c(C(=O)OC)c3)c(I)c2)ccc1O. The number of carbonyl (C=O) groups is 2. The van der Waals surface area contributed by atoms with Crippen LogP contribution in [0.3, 0.4) is 0 Å². The molecule has 0 atom stereocenters. The number of hydrogen-bond donors (Lipinski definition) is 2. The highest BCUT2D eigenvalue weighted by atomic mass is 127. The summed E-state index contributed by atoms with van der Waals surface area (Å²) in [6.07, 6.45) is 7.53. The molecule has 0 aliphatic heterocycles. The van der Waals surface area contributed by atoms with Crippen molar-refractivity contribution >= 4 is 58.8 Å². The van der Waals surface area contributed by atoms with E-state index in [9.17, 15) is 19.8 Å². The van der Waals surface area contributed by atoms with Crippen LogP contribution in [0.25, 0.3) is 24.3 Å². The Kier molecular flexibility index (Phi) is 7.89. The molecule has 0 aromatic heterocycles. The molecule has 0 aliphatic carbocycles. The molecule has 3 rings (SSSR count). The molecule has 2 N–H and O–H groups in total. The van der Waals surface area contributed by atoms with Gasteiger partial charge in [0, 0.05) is 3.57 Å². The zero-order valence-electron chi connectivity index (χ0n) is 17.9. The highest BCUT2D eigenvalue weighted by molar-refractivity contribution is 14.1. The molecule has 33 heavy (non-hydrogen) atoms. The van der Waals surface area contributed by atoms with Crippen LogP contribution in [0.5, 0.6) is 11.5 Å². The quantitative estimate of drug-likeness (QED) is 0.233. The Hall–Kier alpha value is -3.59. The number of ether oxygens (including phenoxy) is 2. The predicted molar refractivity (Wildman–Crippen MR) is 136 cm³/mol. The lowest BCUT2D eigenvalue weighted by Crippen LogP contribution is -2.01. The summed E-state index contributed by atoms with van der Waals surface area (Å²) in [5.41, 5.74) is 3.67. The first kappa shape index (κ1) is 24.1. The van der Waals surface area contributed by atoms with E-state index in [4.69, 9.17) is 0 Å². The molecule has 0 heterocycles. The van der Waals surface area contributed by atoms with E-state index < -0.39 is 11.9 Å². The summed E-state index contributed by atoms with van der Waals surface area (Å²) in [5, 5.41) is 19.7. The fourth-order valence-electron chi connectivity index (χ4n) is 3.02. The van der Waals surface area contributed by atoms with Gasteiger partial charge in [0.1, 0.15) is 22.6 Å². The summed E-state index contributed by atoms with van der Waals surface area (Å²) in [6.45, 7) is 0. The number of carbonyl (C=O) groups excluding carboxylic acids is 2. The number of aromatic hydroxyl groups is 2. The predicted octanol–water partition coefficient (Wildman–Crippen LogP) is 5.62. The Morgan fingerprint density at radius 1 is 0.697 bits per heavy atom. The molecule has 6 nitrogen and oxygen atoms in total. The monoisotopic (exact) mass is 556 g/mol. The van der Waals surface area contributed by atoms with Crippen LogP contribution in [-0.2, 0) is 9.47 Å². The molecule has 0 radical (unpaired) electrons. The van der Waals surface area contributed by atoms with Crippen molar-refractivity contribution in [1.29, 1.82) is 0 Å². The van der Waals surface area contributed by atoms with E-state index in [0.29, 0.717) is 0 Å². The normalized spacial score (nSPS) is 11.1. The summed E-state index contributed by atoms with van der Waals surface area (Å²) >= 11 is 2.24. The van der Waals surface area contributed by atoms with Gasteiger partial charge in [-0.05, 0) is 75.2 Å². The van der Waals surface area contributed by atoms with Crippen LogP contribution in [0.15, 0.2) is 54.6 Å². The molecule has 3 aromatic rings. The van der Waals surface area contributed by atoms with Crippen LogP contribution in [0.2, 0.25) is 0 Å². The molecule has 0 saturated carbocycles. The summed E-state index contributed by atoms with van der Waals surface area (Å²) in [6, 6.07) is 15.4. The van der Waals surface area contributed by atoms with Crippen LogP contribution < -0.4 is 0 Å². The second-order valence-electron chi connectivity index (χ2n) is 6.98. The van der Waals surface area contributed by atoms with Crippen LogP contribution in [0.4, 0.5) is 0 Å². The molecule has 168 valence electrons. The Balaban J connectivity index is 1.78. The number of benzene rings is 3. The van der Waals surface area contributed by atoms with Gasteiger partial charge >= 0.3 is 11.9 Å². The minimum atomic E-state index is -0.597. The van der Waals surface area contributed by atoms with Crippen LogP contribution in [-0.4, -0.2) is 36.4 Å². The maximum atomic E-state index is 11.8. The zero-order chi connectivity index (χ0) is 24.0. The number of phenolic OH excluding ortho intramolecular Hbond substituents is 2. The highest BCUT2D eigenvalue weighted by Gasteiger charge is 2.12. The van der Waals surface area contributed by atoms with E-state index >= 15 is 0 Å². The number of hydrogen-bond acceptors (Lipinski definition) is 6. The summed E-state index contributed by atoms with van der Waals surface area (Å²) in [7, 11) is 2.53. The van der Waals surface area contributed by atoms with Crippen LogP contribution in [0.1, 0.15) is 43.0 Å². The molecule has 0 spiro atoms. The zero-order valence-corrected chi connectivity index (χ0v) is 20.1. The van der Waals surface area contributed by atoms with Gasteiger partial charge in [-0.3, -0.25) is 0 Å².